The Morgan fingerprint density at radius 3 is 2.75 bits per heavy atom. The Kier molecular flexibility index (Phi) is 3.40. The lowest BCUT2D eigenvalue weighted by molar-refractivity contribution is 0.0302. The van der Waals surface area contributed by atoms with Crippen molar-refractivity contribution >= 4 is 21.8 Å². The van der Waals surface area contributed by atoms with E-state index in [1.54, 1.807) is 4.90 Å². The molecule has 0 saturated carbocycles. The van der Waals surface area contributed by atoms with Gasteiger partial charge in [-0.15, -0.1) is 0 Å². The monoisotopic (exact) mass is 286 g/mol. The number of carbonyl (C=O) groups excluding carboxylic acids is 1. The Morgan fingerprint density at radius 1 is 1.44 bits per heavy atom. The maximum absolute atomic E-state index is 12.0. The molecule has 0 unspecified atom stereocenters. The van der Waals surface area contributed by atoms with Crippen LogP contribution in [0.25, 0.3) is 0 Å². The molecule has 0 aromatic carbocycles. The van der Waals surface area contributed by atoms with Crippen molar-refractivity contribution in [3.63, 3.8) is 0 Å². The van der Waals surface area contributed by atoms with Crippen molar-refractivity contribution in [1.29, 1.82) is 0 Å². The maximum Gasteiger partial charge on any atom is 0.262 e. The summed E-state index contributed by atoms with van der Waals surface area (Å²) < 4.78 is 5.53. The van der Waals surface area contributed by atoms with Gasteiger partial charge < -0.3 is 14.6 Å². The normalized spacial score (nSPS) is 16.2. The first-order chi connectivity index (χ1) is 7.68. The number of halogens is 1. The van der Waals surface area contributed by atoms with Gasteiger partial charge in [-0.1, -0.05) is 0 Å². The van der Waals surface area contributed by atoms with E-state index in [1.807, 2.05) is 0 Å². The first-order valence-corrected chi connectivity index (χ1v) is 5.73. The van der Waals surface area contributed by atoms with Crippen molar-refractivity contribution < 1.29 is 9.53 Å². The highest BCUT2D eigenvalue weighted by atomic mass is 79.9. The van der Waals surface area contributed by atoms with E-state index in [-0.39, 0.29) is 11.5 Å². The van der Waals surface area contributed by atoms with Gasteiger partial charge in [0.1, 0.15) is 0 Å². The third-order valence-corrected chi connectivity index (χ3v) is 2.99. The lowest BCUT2D eigenvalue weighted by Crippen LogP contribution is -2.40. The van der Waals surface area contributed by atoms with Crippen LogP contribution >= 0.6 is 15.9 Å². The quantitative estimate of drug-likeness (QED) is 0.823. The fourth-order valence-corrected chi connectivity index (χ4v) is 1.89. The van der Waals surface area contributed by atoms with Crippen molar-refractivity contribution in [3.05, 3.63) is 32.7 Å². The molecule has 2 rings (SSSR count). The molecule has 0 radical (unpaired) electrons. The zero-order valence-electron chi connectivity index (χ0n) is 8.53. The van der Waals surface area contributed by atoms with Gasteiger partial charge in [-0.2, -0.15) is 0 Å². The molecular formula is C10H11BrN2O3. The third-order valence-electron chi connectivity index (χ3n) is 2.40. The number of ether oxygens (including phenoxy) is 1. The Bertz CT molecular complexity index is 452. The van der Waals surface area contributed by atoms with E-state index >= 15 is 0 Å². The molecule has 1 fully saturated rings. The van der Waals surface area contributed by atoms with Gasteiger partial charge in [0.05, 0.1) is 23.2 Å². The van der Waals surface area contributed by atoms with Gasteiger partial charge in [0.25, 0.3) is 11.5 Å². The fourth-order valence-electron chi connectivity index (χ4n) is 1.53. The maximum atomic E-state index is 12.0. The number of carbonyl (C=O) groups is 1. The summed E-state index contributed by atoms with van der Waals surface area (Å²) in [6.07, 6.45) is 1.44. The van der Waals surface area contributed by atoms with Crippen molar-refractivity contribution in [2.75, 3.05) is 26.3 Å². The van der Waals surface area contributed by atoms with E-state index in [0.717, 1.165) is 0 Å². The van der Waals surface area contributed by atoms with Crippen molar-refractivity contribution in [2.24, 2.45) is 0 Å². The van der Waals surface area contributed by atoms with Crippen LogP contribution < -0.4 is 5.56 Å². The molecule has 86 valence electrons. The van der Waals surface area contributed by atoms with Crippen LogP contribution in [-0.2, 0) is 4.74 Å². The first-order valence-electron chi connectivity index (χ1n) is 4.94. The van der Waals surface area contributed by atoms with Crippen LogP contribution in [-0.4, -0.2) is 42.1 Å². The third kappa shape index (κ3) is 2.33. The van der Waals surface area contributed by atoms with Crippen LogP contribution in [0.4, 0.5) is 0 Å². The van der Waals surface area contributed by atoms with E-state index in [0.29, 0.717) is 36.3 Å². The Labute approximate surface area is 101 Å². The molecule has 1 saturated heterocycles. The topological polar surface area (TPSA) is 62.4 Å². The molecule has 0 atom stereocenters. The molecule has 5 nitrogen and oxygen atoms in total. The number of morpholine rings is 1. The zero-order chi connectivity index (χ0) is 11.5. The lowest BCUT2D eigenvalue weighted by atomic mass is 10.2. The van der Waals surface area contributed by atoms with E-state index in [2.05, 4.69) is 20.9 Å². The Hall–Kier alpha value is -1.14. The van der Waals surface area contributed by atoms with Crippen LogP contribution in [0, 0.1) is 0 Å². The van der Waals surface area contributed by atoms with Crippen LogP contribution in [0.15, 0.2) is 21.5 Å². The molecule has 6 heteroatoms. The largest absolute Gasteiger partial charge is 0.378 e. The molecule has 0 bridgehead atoms. The summed E-state index contributed by atoms with van der Waals surface area (Å²) in [6, 6.07) is 1.54. The summed E-state index contributed by atoms with van der Waals surface area (Å²) in [4.78, 5) is 27.3. The summed E-state index contributed by atoms with van der Waals surface area (Å²) in [5.41, 5.74) is 0.243. The number of nitrogens with one attached hydrogen (secondary N) is 1. The highest BCUT2D eigenvalue weighted by Crippen LogP contribution is 2.09. The molecule has 1 aliphatic rings. The molecule has 1 aromatic rings. The molecule has 1 amide bonds. The summed E-state index contributed by atoms with van der Waals surface area (Å²) in [5.74, 6) is -0.0831. The molecule has 0 spiro atoms. The Balaban J connectivity index is 2.19. The van der Waals surface area contributed by atoms with Crippen LogP contribution in [0.1, 0.15) is 10.4 Å². The van der Waals surface area contributed by atoms with Gasteiger partial charge in [0, 0.05) is 19.3 Å². The van der Waals surface area contributed by atoms with Gasteiger partial charge in [-0.05, 0) is 22.0 Å². The number of aromatic nitrogens is 1. The van der Waals surface area contributed by atoms with Gasteiger partial charge in [0.2, 0.25) is 0 Å². The molecule has 1 aliphatic heterocycles. The van der Waals surface area contributed by atoms with E-state index in [1.165, 1.54) is 12.3 Å². The number of nitrogens with zero attached hydrogens (tertiary/aromatic N) is 1. The average molecular weight is 287 g/mol. The van der Waals surface area contributed by atoms with Gasteiger partial charge >= 0.3 is 0 Å². The lowest BCUT2D eigenvalue weighted by Gasteiger charge is -2.26. The minimum Gasteiger partial charge on any atom is -0.378 e. The van der Waals surface area contributed by atoms with Crippen LogP contribution in [0.3, 0.4) is 0 Å². The molecular weight excluding hydrogens is 276 g/mol. The van der Waals surface area contributed by atoms with Crippen molar-refractivity contribution in [3.8, 4) is 0 Å². The minimum absolute atomic E-state index is 0.0831. The van der Waals surface area contributed by atoms with Gasteiger partial charge in [-0.3, -0.25) is 9.59 Å². The molecule has 16 heavy (non-hydrogen) atoms. The number of hydrogen-bond acceptors (Lipinski definition) is 3. The summed E-state index contributed by atoms with van der Waals surface area (Å²) in [7, 11) is 0. The van der Waals surface area contributed by atoms with E-state index < -0.39 is 0 Å². The van der Waals surface area contributed by atoms with E-state index in [9.17, 15) is 9.59 Å². The van der Waals surface area contributed by atoms with Gasteiger partial charge in [0.15, 0.2) is 0 Å². The van der Waals surface area contributed by atoms with Crippen LogP contribution in [0.5, 0.6) is 0 Å². The number of aromatic amines is 1. The molecule has 2 heterocycles. The first kappa shape index (κ1) is 11.3. The Morgan fingerprint density at radius 2 is 2.12 bits per heavy atom. The number of pyridine rings is 1. The predicted octanol–water partition coefficient (Wildman–Crippen LogP) is 0.610. The highest BCUT2D eigenvalue weighted by Gasteiger charge is 2.18. The molecule has 1 N–H and O–H groups in total. The average Bonchev–Trinajstić information content (AvgIpc) is 2.33. The number of H-pyrrole nitrogens is 1. The highest BCUT2D eigenvalue weighted by molar-refractivity contribution is 9.10. The summed E-state index contributed by atoms with van der Waals surface area (Å²) in [5, 5.41) is 0. The van der Waals surface area contributed by atoms with Crippen molar-refractivity contribution in [1.82, 2.24) is 9.88 Å². The standard InChI is InChI=1S/C10H11BrN2O3/c11-8-5-7(6-12-9(8)14)10(15)13-1-3-16-4-2-13/h5-6H,1-4H2,(H,12,14). The second-order valence-electron chi connectivity index (χ2n) is 3.47. The second-order valence-corrected chi connectivity index (χ2v) is 4.32. The zero-order valence-corrected chi connectivity index (χ0v) is 10.1. The predicted molar refractivity (Wildman–Crippen MR) is 61.5 cm³/mol. The van der Waals surface area contributed by atoms with E-state index in [4.69, 9.17) is 4.74 Å². The summed E-state index contributed by atoms with van der Waals surface area (Å²) >= 11 is 3.10. The second kappa shape index (κ2) is 4.80. The number of rotatable bonds is 1. The summed E-state index contributed by atoms with van der Waals surface area (Å²) in [6.45, 7) is 2.32. The molecule has 0 aliphatic carbocycles. The van der Waals surface area contributed by atoms with Crippen molar-refractivity contribution in [2.45, 2.75) is 0 Å². The minimum atomic E-state index is -0.237. The van der Waals surface area contributed by atoms with Gasteiger partial charge in [-0.25, -0.2) is 0 Å². The number of hydrogen-bond donors (Lipinski definition) is 1. The molecule has 1 aromatic heterocycles. The van der Waals surface area contributed by atoms with Crippen LogP contribution in [0.2, 0.25) is 0 Å². The smallest absolute Gasteiger partial charge is 0.262 e. The SMILES string of the molecule is O=C(c1c[nH]c(=O)c(Br)c1)N1CCOCC1. The number of amides is 1. The fraction of sp³-hybridized carbons (Fsp3) is 0.400.